The highest BCUT2D eigenvalue weighted by molar-refractivity contribution is 5.58. The third-order valence-corrected chi connectivity index (χ3v) is 3.86. The fraction of sp³-hybridized carbons (Fsp3) is 0.167. The van der Waals surface area contributed by atoms with E-state index in [2.05, 4.69) is 37.5 Å². The molecule has 1 N–H and O–H groups in total. The number of nitrogens with zero attached hydrogens (tertiary/aromatic N) is 5. The van der Waals surface area contributed by atoms with Crippen molar-refractivity contribution >= 4 is 5.82 Å². The second-order valence-corrected chi connectivity index (χ2v) is 5.83. The zero-order chi connectivity index (χ0) is 17.9. The van der Waals surface area contributed by atoms with E-state index in [0.717, 1.165) is 22.6 Å². The van der Waals surface area contributed by atoms with Crippen molar-refractivity contribution in [2.45, 2.75) is 19.9 Å². The molecule has 1 atom stereocenters. The Labute approximate surface area is 149 Å². The van der Waals surface area contributed by atoms with Crippen molar-refractivity contribution in [2.24, 2.45) is 0 Å². The van der Waals surface area contributed by atoms with E-state index in [-0.39, 0.29) is 6.04 Å². The van der Waals surface area contributed by atoms with E-state index in [4.69, 9.17) is 9.05 Å². The predicted octanol–water partition coefficient (Wildman–Crippen LogP) is 3.66. The molecule has 0 saturated heterocycles. The lowest BCUT2D eigenvalue weighted by molar-refractivity contribution is 0.383. The zero-order valence-corrected chi connectivity index (χ0v) is 14.2. The van der Waals surface area contributed by atoms with E-state index in [1.807, 2.05) is 31.2 Å². The van der Waals surface area contributed by atoms with E-state index in [1.54, 1.807) is 24.7 Å². The van der Waals surface area contributed by atoms with Crippen LogP contribution in [0.25, 0.3) is 23.0 Å². The highest BCUT2D eigenvalue weighted by atomic mass is 16.5. The zero-order valence-electron chi connectivity index (χ0n) is 14.2. The average molecular weight is 348 g/mol. The standard InChI is InChI=1S/C18H16N6O2/c1-11-9-15(25-23-11)18-22-17(24-26-18)14-5-3-13(4-6-14)12(2)21-16-10-19-7-8-20-16/h3-10,12H,1-2H3,(H,20,21)/t12-/m1/s1. The minimum absolute atomic E-state index is 0.0822. The number of nitrogens with one attached hydrogen (secondary N) is 1. The van der Waals surface area contributed by atoms with Crippen LogP contribution in [0.3, 0.4) is 0 Å². The molecule has 0 aliphatic carbocycles. The van der Waals surface area contributed by atoms with Gasteiger partial charge in [-0.25, -0.2) is 4.98 Å². The highest BCUT2D eigenvalue weighted by Gasteiger charge is 2.15. The van der Waals surface area contributed by atoms with Gasteiger partial charge in [0.2, 0.25) is 11.6 Å². The molecule has 0 amide bonds. The Balaban J connectivity index is 1.50. The number of anilines is 1. The molecule has 4 aromatic rings. The van der Waals surface area contributed by atoms with Crippen LogP contribution >= 0.6 is 0 Å². The first kappa shape index (κ1) is 15.9. The van der Waals surface area contributed by atoms with Crippen LogP contribution in [-0.2, 0) is 0 Å². The van der Waals surface area contributed by atoms with Gasteiger partial charge in [-0.2, -0.15) is 4.98 Å². The quantitative estimate of drug-likeness (QED) is 0.583. The summed E-state index contributed by atoms with van der Waals surface area (Å²) in [5.74, 6) is 1.99. The first-order chi connectivity index (χ1) is 12.7. The summed E-state index contributed by atoms with van der Waals surface area (Å²) in [6, 6.07) is 9.75. The summed E-state index contributed by atoms with van der Waals surface area (Å²) < 4.78 is 10.4. The number of hydrogen-bond acceptors (Lipinski definition) is 8. The van der Waals surface area contributed by atoms with Crippen molar-refractivity contribution in [3.05, 3.63) is 60.2 Å². The molecule has 3 aromatic heterocycles. The summed E-state index contributed by atoms with van der Waals surface area (Å²) in [5.41, 5.74) is 2.72. The van der Waals surface area contributed by atoms with Gasteiger partial charge in [0.1, 0.15) is 5.82 Å². The summed E-state index contributed by atoms with van der Waals surface area (Å²) in [4.78, 5) is 12.6. The number of aryl methyl sites for hydroxylation is 1. The van der Waals surface area contributed by atoms with Crippen molar-refractivity contribution in [3.8, 4) is 23.0 Å². The lowest BCUT2D eigenvalue weighted by Gasteiger charge is -2.14. The molecule has 8 heteroatoms. The second kappa shape index (κ2) is 6.75. The van der Waals surface area contributed by atoms with Gasteiger partial charge in [-0.15, -0.1) is 0 Å². The summed E-state index contributed by atoms with van der Waals surface area (Å²) in [7, 11) is 0. The Bertz CT molecular complexity index is 994. The SMILES string of the molecule is Cc1cc(-c2nc(-c3ccc([C@@H](C)Nc4cnccn4)cc3)no2)on1. The molecule has 0 unspecified atom stereocenters. The summed E-state index contributed by atoms with van der Waals surface area (Å²) in [5, 5.41) is 11.1. The molecule has 4 rings (SSSR count). The Morgan fingerprint density at radius 1 is 1.04 bits per heavy atom. The largest absolute Gasteiger partial charge is 0.362 e. The van der Waals surface area contributed by atoms with E-state index >= 15 is 0 Å². The van der Waals surface area contributed by atoms with Crippen molar-refractivity contribution < 1.29 is 9.05 Å². The Morgan fingerprint density at radius 2 is 1.88 bits per heavy atom. The van der Waals surface area contributed by atoms with Gasteiger partial charge in [0, 0.05) is 30.1 Å². The second-order valence-electron chi connectivity index (χ2n) is 5.83. The third kappa shape index (κ3) is 3.30. The lowest BCUT2D eigenvalue weighted by atomic mass is 10.1. The third-order valence-electron chi connectivity index (χ3n) is 3.86. The smallest absolute Gasteiger partial charge is 0.296 e. The molecule has 0 spiro atoms. The van der Waals surface area contributed by atoms with Crippen molar-refractivity contribution in [1.29, 1.82) is 0 Å². The van der Waals surface area contributed by atoms with Crippen LogP contribution in [0.1, 0.15) is 24.2 Å². The maximum atomic E-state index is 5.25. The Hall–Kier alpha value is -3.55. The number of aromatic nitrogens is 5. The van der Waals surface area contributed by atoms with Crippen LogP contribution in [0.5, 0.6) is 0 Å². The van der Waals surface area contributed by atoms with Crippen LogP contribution in [0.2, 0.25) is 0 Å². The van der Waals surface area contributed by atoms with Crippen LogP contribution < -0.4 is 5.32 Å². The number of benzene rings is 1. The van der Waals surface area contributed by atoms with Crippen LogP contribution in [-0.4, -0.2) is 25.3 Å². The molecule has 130 valence electrons. The molecule has 3 heterocycles. The fourth-order valence-corrected chi connectivity index (χ4v) is 2.50. The highest BCUT2D eigenvalue weighted by Crippen LogP contribution is 2.24. The number of hydrogen-bond donors (Lipinski definition) is 1. The minimum atomic E-state index is 0.0822. The van der Waals surface area contributed by atoms with Gasteiger partial charge in [-0.3, -0.25) is 4.98 Å². The summed E-state index contributed by atoms with van der Waals surface area (Å²) >= 11 is 0. The maximum absolute atomic E-state index is 5.25. The lowest BCUT2D eigenvalue weighted by Crippen LogP contribution is -2.07. The monoisotopic (exact) mass is 348 g/mol. The van der Waals surface area contributed by atoms with Gasteiger partial charge in [-0.1, -0.05) is 34.6 Å². The molecule has 0 bridgehead atoms. The number of rotatable bonds is 5. The molecule has 0 fully saturated rings. The van der Waals surface area contributed by atoms with Gasteiger partial charge >= 0.3 is 0 Å². The average Bonchev–Trinajstić information content (AvgIpc) is 3.32. The molecule has 1 aromatic carbocycles. The van der Waals surface area contributed by atoms with Gasteiger partial charge in [0.25, 0.3) is 5.89 Å². The fourth-order valence-electron chi connectivity index (χ4n) is 2.50. The van der Waals surface area contributed by atoms with Crippen molar-refractivity contribution in [3.63, 3.8) is 0 Å². The topological polar surface area (TPSA) is 103 Å². The van der Waals surface area contributed by atoms with Crippen LogP contribution in [0.15, 0.2) is 58.0 Å². The molecule has 0 aliphatic rings. The summed E-state index contributed by atoms with van der Waals surface area (Å²) in [6.07, 6.45) is 4.99. The van der Waals surface area contributed by atoms with Gasteiger partial charge in [0.05, 0.1) is 11.9 Å². The van der Waals surface area contributed by atoms with E-state index in [9.17, 15) is 0 Å². The maximum Gasteiger partial charge on any atom is 0.296 e. The molecule has 0 saturated carbocycles. The van der Waals surface area contributed by atoms with Crippen molar-refractivity contribution in [1.82, 2.24) is 25.3 Å². The normalized spacial score (nSPS) is 12.1. The van der Waals surface area contributed by atoms with Crippen molar-refractivity contribution in [2.75, 3.05) is 5.32 Å². The Morgan fingerprint density at radius 3 is 2.58 bits per heavy atom. The van der Waals surface area contributed by atoms with E-state index in [1.165, 1.54) is 0 Å². The van der Waals surface area contributed by atoms with Crippen LogP contribution in [0.4, 0.5) is 5.82 Å². The van der Waals surface area contributed by atoms with E-state index < -0.39 is 0 Å². The predicted molar refractivity (Wildman–Crippen MR) is 94.0 cm³/mol. The first-order valence-electron chi connectivity index (χ1n) is 8.09. The molecular weight excluding hydrogens is 332 g/mol. The van der Waals surface area contributed by atoms with Gasteiger partial charge in [0.15, 0.2) is 0 Å². The van der Waals surface area contributed by atoms with Crippen LogP contribution in [0, 0.1) is 6.92 Å². The van der Waals surface area contributed by atoms with Gasteiger partial charge < -0.3 is 14.4 Å². The molecule has 0 radical (unpaired) electrons. The summed E-state index contributed by atoms with van der Waals surface area (Å²) in [6.45, 7) is 3.89. The minimum Gasteiger partial charge on any atom is -0.362 e. The van der Waals surface area contributed by atoms with E-state index in [0.29, 0.717) is 17.5 Å². The van der Waals surface area contributed by atoms with Gasteiger partial charge in [-0.05, 0) is 19.4 Å². The molecule has 26 heavy (non-hydrogen) atoms. The molecule has 8 nitrogen and oxygen atoms in total. The first-order valence-corrected chi connectivity index (χ1v) is 8.09. The Kier molecular flexibility index (Phi) is 4.14. The molecular formula is C18H16N6O2. The molecule has 0 aliphatic heterocycles.